The average molecular weight is 1530 g/mol. The molecule has 0 radical (unpaired) electrons. The van der Waals surface area contributed by atoms with Crippen molar-refractivity contribution in [1.29, 1.82) is 0 Å². The number of carbonyl (C=O) groups is 7. The summed E-state index contributed by atoms with van der Waals surface area (Å²) in [6.07, 6.45) is 0.972. The van der Waals surface area contributed by atoms with E-state index in [1.807, 2.05) is 103 Å². The van der Waals surface area contributed by atoms with Crippen LogP contribution in [0.3, 0.4) is 0 Å². The molecule has 108 heavy (non-hydrogen) atoms. The molecule has 0 saturated heterocycles. The third-order valence-electron chi connectivity index (χ3n) is 16.2. The summed E-state index contributed by atoms with van der Waals surface area (Å²) < 4.78 is 5.12. The van der Waals surface area contributed by atoms with Gasteiger partial charge in [-0.2, -0.15) is 0 Å². The molecule has 24 heteroatoms. The predicted octanol–water partition coefficient (Wildman–Crippen LogP) is 15.6. The van der Waals surface area contributed by atoms with E-state index in [4.69, 9.17) is 27.9 Å². The first-order valence-electron chi connectivity index (χ1n) is 35.5. The highest BCUT2D eigenvalue weighted by molar-refractivity contribution is 6.31. The van der Waals surface area contributed by atoms with E-state index in [-0.39, 0.29) is 57.6 Å². The number of aryl methyl sites for hydroxylation is 1. The van der Waals surface area contributed by atoms with Gasteiger partial charge < -0.3 is 77.1 Å². The number of benzene rings is 7. The highest BCUT2D eigenvalue weighted by Gasteiger charge is 2.22. The van der Waals surface area contributed by atoms with Crippen LogP contribution in [0.4, 0.5) is 39.8 Å². The van der Waals surface area contributed by atoms with Crippen LogP contribution >= 0.6 is 23.2 Å². The van der Waals surface area contributed by atoms with Crippen LogP contribution in [0.5, 0.6) is 5.75 Å². The lowest BCUT2D eigenvalue weighted by molar-refractivity contribution is 0.0791. The summed E-state index contributed by atoms with van der Waals surface area (Å²) in [6, 6.07) is 39.3. The number of carbonyl (C=O) groups excluding carboxylic acids is 7. The molecule has 592 valence electrons. The number of nitrogens with zero attached hydrogens (tertiary/aromatic N) is 5. The quantitative estimate of drug-likeness (QED) is 0.0411. The lowest BCUT2D eigenvalue weighted by Gasteiger charge is -2.23. The molecule has 22 nitrogen and oxygen atoms in total. The predicted molar refractivity (Wildman–Crippen MR) is 455 cm³/mol. The molecule has 0 aliphatic rings. The minimum atomic E-state index is -0.140. The Hall–Kier alpha value is -10.2. The Labute approximate surface area is 655 Å². The Morgan fingerprint density at radius 2 is 0.583 bits per heavy atom. The molecule has 9 N–H and O–H groups in total. The van der Waals surface area contributed by atoms with Crippen molar-refractivity contribution in [3.8, 4) is 5.75 Å². The number of ether oxygens (including phenoxy) is 1. The highest BCUT2D eigenvalue weighted by atomic mass is 35.5. The maximum Gasteiger partial charge on any atom is 0.253 e. The van der Waals surface area contributed by atoms with Gasteiger partial charge in [0.05, 0.1) is 7.11 Å². The topological polar surface area (TPSA) is 253 Å². The molecule has 7 aromatic carbocycles. The van der Waals surface area contributed by atoms with Crippen molar-refractivity contribution in [2.24, 2.45) is 0 Å². The van der Waals surface area contributed by atoms with E-state index in [1.165, 1.54) is 15.4 Å². The van der Waals surface area contributed by atoms with Crippen molar-refractivity contribution in [3.63, 3.8) is 0 Å². The van der Waals surface area contributed by atoms with Gasteiger partial charge in [0, 0.05) is 228 Å². The van der Waals surface area contributed by atoms with Crippen LogP contribution in [0.15, 0.2) is 127 Å². The molecule has 0 aliphatic carbocycles. The zero-order chi connectivity index (χ0) is 82.9. The van der Waals surface area contributed by atoms with Gasteiger partial charge in [0.2, 0.25) is 0 Å². The molecule has 7 amide bonds. The summed E-state index contributed by atoms with van der Waals surface area (Å²) in [5.74, 6) is 0.547. The van der Waals surface area contributed by atoms with Crippen LogP contribution in [0.25, 0.3) is 0 Å². The van der Waals surface area contributed by atoms with Crippen molar-refractivity contribution in [3.05, 3.63) is 199 Å². The van der Waals surface area contributed by atoms with E-state index in [0.29, 0.717) is 38.0 Å². The molecule has 0 fully saturated rings. The van der Waals surface area contributed by atoms with Crippen molar-refractivity contribution in [2.75, 3.05) is 178 Å². The van der Waals surface area contributed by atoms with Gasteiger partial charge in [-0.25, -0.2) is 0 Å². The van der Waals surface area contributed by atoms with Gasteiger partial charge in [-0.1, -0.05) is 92.4 Å². The number of hydrogen-bond donors (Lipinski definition) is 9. The van der Waals surface area contributed by atoms with Gasteiger partial charge in [-0.05, 0) is 173 Å². The van der Waals surface area contributed by atoms with E-state index < -0.39 is 0 Å². The number of hydrogen-bond acceptors (Lipinski definition) is 15. The Bertz CT molecular complexity index is 4010. The van der Waals surface area contributed by atoms with Crippen molar-refractivity contribution >= 4 is 104 Å². The molecule has 0 spiro atoms. The summed E-state index contributed by atoms with van der Waals surface area (Å²) in [7, 11) is 33.4. The Kier molecular flexibility index (Phi) is 40.3. The summed E-state index contributed by atoms with van der Waals surface area (Å²) in [6.45, 7) is 24.2. The highest BCUT2D eigenvalue weighted by Crippen LogP contribution is 2.31. The number of anilines is 7. The number of halogens is 2. The van der Waals surface area contributed by atoms with Gasteiger partial charge >= 0.3 is 0 Å². The smallest absolute Gasteiger partial charge is 0.253 e. The van der Waals surface area contributed by atoms with Gasteiger partial charge in [-0.3, -0.25) is 33.6 Å². The van der Waals surface area contributed by atoms with E-state index in [1.54, 1.807) is 162 Å². The van der Waals surface area contributed by atoms with Crippen LogP contribution in [0.1, 0.15) is 170 Å². The molecule has 0 atom stereocenters. The van der Waals surface area contributed by atoms with Crippen molar-refractivity contribution in [1.82, 2.24) is 35.1 Å². The number of nitrogens with one attached hydrogen (secondary N) is 9. The summed E-state index contributed by atoms with van der Waals surface area (Å²) >= 11 is 11.7. The zero-order valence-corrected chi connectivity index (χ0v) is 71.3. The lowest BCUT2D eigenvalue weighted by Crippen LogP contribution is -2.28. The van der Waals surface area contributed by atoms with Crippen molar-refractivity contribution in [2.45, 2.75) is 98.8 Å². The first-order chi connectivity index (χ1) is 50.3. The molecule has 0 aromatic heterocycles. The Balaban J connectivity index is 0.000000632. The van der Waals surface area contributed by atoms with E-state index in [9.17, 15) is 33.6 Å². The van der Waals surface area contributed by atoms with Gasteiger partial charge in [0.1, 0.15) is 5.75 Å². The Morgan fingerprint density at radius 3 is 0.880 bits per heavy atom. The molecule has 0 unspecified atom stereocenters. The van der Waals surface area contributed by atoms with Gasteiger partial charge in [0.25, 0.3) is 41.4 Å². The number of rotatable bonds is 17. The molecule has 0 heterocycles. The van der Waals surface area contributed by atoms with Crippen LogP contribution in [-0.2, 0) is 16.2 Å². The van der Waals surface area contributed by atoms with Crippen LogP contribution in [-0.4, -0.2) is 206 Å². The maximum atomic E-state index is 12.4. The Morgan fingerprint density at radius 1 is 0.333 bits per heavy atom. The normalized spacial score (nSPS) is 10.4. The first kappa shape index (κ1) is 95.8. The van der Waals surface area contributed by atoms with E-state index in [0.717, 1.165) is 86.2 Å². The molecule has 7 aromatic rings. The van der Waals surface area contributed by atoms with Crippen molar-refractivity contribution < 1.29 is 38.3 Å². The largest absolute Gasteiger partial charge is 0.497 e. The molecule has 0 aliphatic heterocycles. The molecule has 0 saturated carbocycles. The van der Waals surface area contributed by atoms with Crippen LogP contribution in [0, 0.1) is 6.92 Å². The average Bonchev–Trinajstić information content (AvgIpc) is 0.824. The maximum absolute atomic E-state index is 12.4. The summed E-state index contributed by atoms with van der Waals surface area (Å²) in [5, 5.41) is 27.5. The fourth-order valence-corrected chi connectivity index (χ4v) is 10.2. The molecular formula is C84H124Cl2N14O8. The van der Waals surface area contributed by atoms with Crippen LogP contribution < -0.4 is 52.6 Å². The number of methoxy groups -OCH3 is 1. The lowest BCUT2D eigenvalue weighted by atomic mass is 9.85. The number of amides is 7. The zero-order valence-electron chi connectivity index (χ0n) is 69.8. The van der Waals surface area contributed by atoms with E-state index >= 15 is 0 Å². The second-order valence-corrected chi connectivity index (χ2v) is 29.9. The third-order valence-corrected chi connectivity index (χ3v) is 16.6. The summed E-state index contributed by atoms with van der Waals surface area (Å²) in [5.41, 5.74) is 15.8. The van der Waals surface area contributed by atoms with Crippen LogP contribution in [0.2, 0.25) is 10.0 Å². The van der Waals surface area contributed by atoms with E-state index in [2.05, 4.69) is 135 Å². The minimum absolute atomic E-state index is 0.0326. The minimum Gasteiger partial charge on any atom is -0.497 e. The standard InChI is InChI=1S/C16H26N2O.C14H22N2O.C13H20N2O.C11H16N2O2.C11H16N2O.C10H13ClN2O.C9H11ClN2O/c1-7-8-18(6)15(19)12-9-13(16(2,3)4)11-14(10-12)17-5;1-14(2,3)11-7-10(13(17)16(5)6)8-12(9-11)15-4;1-13(2,3)10-6-9(12(16)15-5)7-11(8-10)14-4;1-12-9-5-8(11(14)13(2)3)6-10(7-9)15-4;1-8-5-9(11(14)13(3)4)7-10(6-8)12-2;1-12-9-5-7(4-8(11)6-9)10(14)13(2)3;1-11-8-4-6(9(13)12-2)3-7(10)5-8/h9-11,17H,7-8H2,1-6H3;7-9,15H,1-6H3;6-8,14H,1-5H3,(H,15,16);5-7,12H,1-4H3;5-7,12H,1-4H3;4-6,12H,1-3H3;3-5,11H,1-2H3,(H,12,13). The van der Waals surface area contributed by atoms with Gasteiger partial charge in [-0.15, -0.1) is 0 Å². The second-order valence-electron chi connectivity index (χ2n) is 29.1. The fourth-order valence-electron chi connectivity index (χ4n) is 9.73. The monoisotopic (exact) mass is 1530 g/mol. The second kappa shape index (κ2) is 45.5. The molecular weight excluding hydrogens is 1400 g/mol. The SMILES string of the molecule is CCCN(C)C(=O)c1cc(NC)cc(C(C)(C)C)c1.CNC(=O)c1cc(Cl)cc(NC)c1.CNC(=O)c1cc(NC)cc(C(C)(C)C)c1.CNc1cc(C(=O)N(C)C)cc(C(C)(C)C)c1.CNc1cc(C)cc(C(=O)N(C)C)c1.CNc1cc(Cl)cc(C(=O)N(C)C)c1.CNc1cc(OC)cc(C(=O)N(C)C)c1. The fraction of sp³-hybridized carbons (Fsp3) is 0.417. The summed E-state index contributed by atoms with van der Waals surface area (Å²) in [4.78, 5) is 90.2. The molecule has 7 rings (SSSR count). The molecule has 0 bridgehead atoms. The first-order valence-corrected chi connectivity index (χ1v) is 36.2. The third kappa shape index (κ3) is 32.5. The van der Waals surface area contributed by atoms with Gasteiger partial charge in [0.15, 0.2) is 0 Å².